The summed E-state index contributed by atoms with van der Waals surface area (Å²) in [6, 6.07) is 0. The summed E-state index contributed by atoms with van der Waals surface area (Å²) in [4.78, 5) is 0. The van der Waals surface area contributed by atoms with E-state index in [9.17, 15) is 0 Å². The van der Waals surface area contributed by atoms with E-state index in [-0.39, 0.29) is 19.2 Å². The summed E-state index contributed by atoms with van der Waals surface area (Å²) >= 11 is -0.0664. The van der Waals surface area contributed by atoms with Crippen molar-refractivity contribution in [3.05, 3.63) is 43.2 Å². The van der Waals surface area contributed by atoms with Crippen LogP contribution in [0.4, 0.5) is 0 Å². The molecule has 0 aromatic carbocycles. The Morgan fingerprint density at radius 2 is 0.771 bits per heavy atom. The van der Waals surface area contributed by atoms with Gasteiger partial charge in [-0.15, -0.1) is 0 Å². The molecule has 2 aliphatic rings. The first-order valence-electron chi connectivity index (χ1n) is 15.9. The minimum absolute atomic E-state index is 0.0664. The Kier molecular flexibility index (Phi) is 19.2. The van der Waals surface area contributed by atoms with Gasteiger partial charge in [-0.05, 0) is 0 Å². The van der Waals surface area contributed by atoms with Crippen LogP contribution < -0.4 is 0 Å². The maximum absolute atomic E-state index is 2.48. The molecule has 0 aliphatic heterocycles. The monoisotopic (exact) mass is 514 g/mol. The molecule has 0 fully saturated rings. The summed E-state index contributed by atoms with van der Waals surface area (Å²) in [6.45, 7) is 4.62. The zero-order valence-electron chi connectivity index (χ0n) is 23.8. The summed E-state index contributed by atoms with van der Waals surface area (Å²) in [5, 5.41) is 0. The maximum atomic E-state index is 2.48. The Bertz CT molecular complexity index is 592. The van der Waals surface area contributed by atoms with Gasteiger partial charge in [-0.25, -0.2) is 0 Å². The Labute approximate surface area is 229 Å². The van der Waals surface area contributed by atoms with Gasteiger partial charge in [0.15, 0.2) is 0 Å². The van der Waals surface area contributed by atoms with E-state index in [1.54, 1.807) is 11.1 Å². The predicted octanol–water partition coefficient (Wildman–Crippen LogP) is 12.1. The van der Waals surface area contributed by atoms with Crippen LogP contribution in [0.3, 0.4) is 0 Å². The molecule has 0 aromatic heterocycles. The van der Waals surface area contributed by atoms with E-state index >= 15 is 0 Å². The third-order valence-electron chi connectivity index (χ3n) is 7.96. The number of hydrogen-bond acceptors (Lipinski definition) is 0. The molecule has 2 aliphatic carbocycles. The van der Waals surface area contributed by atoms with Gasteiger partial charge in [0.05, 0.1) is 0 Å². The molecular formula is C34H58Ti. The molecule has 0 nitrogen and oxygen atoms in total. The average molecular weight is 515 g/mol. The van der Waals surface area contributed by atoms with E-state index in [0.717, 1.165) is 0 Å². The summed E-state index contributed by atoms with van der Waals surface area (Å²) in [5.74, 6) is 0. The molecule has 0 bridgehead atoms. The van der Waals surface area contributed by atoms with Crippen LogP contribution in [-0.2, 0) is 19.2 Å². The van der Waals surface area contributed by atoms with Crippen molar-refractivity contribution >= 4 is 0 Å². The van der Waals surface area contributed by atoms with E-state index in [2.05, 4.69) is 38.2 Å². The van der Waals surface area contributed by atoms with Gasteiger partial charge in [0.2, 0.25) is 0 Å². The zero-order valence-corrected chi connectivity index (χ0v) is 25.3. The third-order valence-corrected chi connectivity index (χ3v) is 10.5. The fourth-order valence-electron chi connectivity index (χ4n) is 5.62. The van der Waals surface area contributed by atoms with Crippen LogP contribution in [0.25, 0.3) is 0 Å². The molecule has 0 heterocycles. The molecule has 0 N–H and O–H groups in total. The second kappa shape index (κ2) is 21.7. The first-order valence-corrected chi connectivity index (χ1v) is 17.5. The van der Waals surface area contributed by atoms with Crippen LogP contribution >= 0.6 is 0 Å². The molecule has 0 radical (unpaired) electrons. The number of allylic oxidation sites excluding steroid dienone is 8. The summed E-state index contributed by atoms with van der Waals surface area (Å²) in [6.07, 6.45) is 43.9. The normalized spacial score (nSPS) is 15.3. The molecule has 0 spiro atoms. The minimum atomic E-state index is -0.0664. The topological polar surface area (TPSA) is 0 Å². The molecule has 2 rings (SSSR count). The second-order valence-corrected chi connectivity index (χ2v) is 13.5. The Hall–Kier alpha value is -0.326. The van der Waals surface area contributed by atoms with Crippen molar-refractivity contribution in [2.45, 2.75) is 168 Å². The van der Waals surface area contributed by atoms with Crippen LogP contribution in [0.15, 0.2) is 43.2 Å². The van der Waals surface area contributed by atoms with Crippen molar-refractivity contribution in [2.24, 2.45) is 0 Å². The number of hydrogen-bond donors (Lipinski definition) is 0. The second-order valence-electron chi connectivity index (χ2n) is 11.2. The first-order chi connectivity index (χ1) is 17.3. The molecule has 0 saturated carbocycles. The fourth-order valence-corrected chi connectivity index (χ4v) is 8.03. The van der Waals surface area contributed by atoms with Gasteiger partial charge in [0.1, 0.15) is 0 Å². The Balaban J connectivity index is 1.57. The predicted molar refractivity (Wildman–Crippen MR) is 154 cm³/mol. The first kappa shape index (κ1) is 30.9. The van der Waals surface area contributed by atoms with Crippen LogP contribution in [0.5, 0.6) is 0 Å². The van der Waals surface area contributed by atoms with Crippen molar-refractivity contribution in [1.82, 2.24) is 0 Å². The molecule has 1 heteroatoms. The van der Waals surface area contributed by atoms with Crippen LogP contribution in [0, 0.1) is 0 Å². The molecule has 0 unspecified atom stereocenters. The standard InChI is InChI=1S/2C17H29.Ti/c2*1-2-3-4-5-6-7-8-9-10-11-14-17-15-12-13-16-17;/h2*12,15H,2-11,13-14H2,1H3;. The quantitative estimate of drug-likeness (QED) is 0.0887. The van der Waals surface area contributed by atoms with Gasteiger partial charge in [-0.1, -0.05) is 26.7 Å². The van der Waals surface area contributed by atoms with Gasteiger partial charge >= 0.3 is 204 Å². The molecule has 0 aromatic rings. The summed E-state index contributed by atoms with van der Waals surface area (Å²) < 4.78 is 3.72. The van der Waals surface area contributed by atoms with E-state index in [4.69, 9.17) is 0 Å². The zero-order chi connectivity index (χ0) is 24.8. The van der Waals surface area contributed by atoms with Crippen LogP contribution in [0.2, 0.25) is 0 Å². The van der Waals surface area contributed by atoms with Crippen molar-refractivity contribution < 1.29 is 19.2 Å². The molecular weight excluding hydrogens is 456 g/mol. The Morgan fingerprint density at radius 1 is 0.457 bits per heavy atom. The van der Waals surface area contributed by atoms with Gasteiger partial charge in [-0.3, -0.25) is 0 Å². The van der Waals surface area contributed by atoms with E-state index < -0.39 is 0 Å². The van der Waals surface area contributed by atoms with Gasteiger partial charge < -0.3 is 0 Å². The molecule has 0 atom stereocenters. The summed E-state index contributed by atoms with van der Waals surface area (Å²) in [7, 11) is 0. The van der Waals surface area contributed by atoms with Crippen molar-refractivity contribution in [3.63, 3.8) is 0 Å². The van der Waals surface area contributed by atoms with Crippen molar-refractivity contribution in [2.75, 3.05) is 0 Å². The molecule has 0 amide bonds. The van der Waals surface area contributed by atoms with E-state index in [1.165, 1.54) is 154 Å². The SMILES string of the molecule is CCCCCCCCCCCCC1=[C]([Ti][C]2=C(CCCCCCCCCCCC)C=CC2)CC=C1. The summed E-state index contributed by atoms with van der Waals surface area (Å²) in [5.41, 5.74) is 3.48. The van der Waals surface area contributed by atoms with Gasteiger partial charge in [0.25, 0.3) is 0 Å². The number of unbranched alkanes of at least 4 members (excludes halogenated alkanes) is 18. The van der Waals surface area contributed by atoms with E-state index in [1.807, 2.05) is 7.76 Å². The Morgan fingerprint density at radius 3 is 1.11 bits per heavy atom. The van der Waals surface area contributed by atoms with Crippen LogP contribution in [0.1, 0.15) is 168 Å². The van der Waals surface area contributed by atoms with E-state index in [0.29, 0.717) is 0 Å². The fraction of sp³-hybridized carbons (Fsp3) is 0.765. The number of rotatable bonds is 24. The van der Waals surface area contributed by atoms with Crippen molar-refractivity contribution in [3.8, 4) is 0 Å². The molecule has 198 valence electrons. The van der Waals surface area contributed by atoms with Crippen molar-refractivity contribution in [1.29, 1.82) is 0 Å². The molecule has 35 heavy (non-hydrogen) atoms. The van der Waals surface area contributed by atoms with Gasteiger partial charge in [-0.2, -0.15) is 0 Å². The van der Waals surface area contributed by atoms with Crippen LogP contribution in [-0.4, -0.2) is 0 Å². The molecule has 0 saturated heterocycles. The average Bonchev–Trinajstić information content (AvgIpc) is 3.51. The third kappa shape index (κ3) is 14.9. The van der Waals surface area contributed by atoms with Gasteiger partial charge in [0, 0.05) is 0 Å².